The first kappa shape index (κ1) is 16.3. The summed E-state index contributed by atoms with van der Waals surface area (Å²) in [7, 11) is 0. The molecule has 1 nitrogen and oxygen atoms in total. The first-order valence-electron chi connectivity index (χ1n) is 6.97. The molecule has 1 unspecified atom stereocenters. The second kappa shape index (κ2) is 7.26. The smallest absolute Gasteiger partial charge is 0.126 e. The van der Waals surface area contributed by atoms with Crippen molar-refractivity contribution in [1.29, 1.82) is 0 Å². The van der Waals surface area contributed by atoms with Crippen molar-refractivity contribution in [2.24, 2.45) is 0 Å². The molecule has 0 spiro atoms. The summed E-state index contributed by atoms with van der Waals surface area (Å²) >= 11 is 12.3. The molecule has 4 heteroatoms. The van der Waals surface area contributed by atoms with Gasteiger partial charge in [0.1, 0.15) is 5.82 Å². The minimum atomic E-state index is -0.208. The summed E-state index contributed by atoms with van der Waals surface area (Å²) < 4.78 is 13.9. The summed E-state index contributed by atoms with van der Waals surface area (Å²) in [5.74, 6) is -0.208. The van der Waals surface area contributed by atoms with Gasteiger partial charge in [-0.3, -0.25) is 0 Å². The van der Waals surface area contributed by atoms with Gasteiger partial charge in [-0.2, -0.15) is 0 Å². The normalized spacial score (nSPS) is 12.4. The van der Waals surface area contributed by atoms with Gasteiger partial charge in [0.15, 0.2) is 0 Å². The monoisotopic (exact) mass is 325 g/mol. The second-order valence-corrected chi connectivity index (χ2v) is 5.91. The van der Waals surface area contributed by atoms with Gasteiger partial charge in [-0.15, -0.1) is 0 Å². The summed E-state index contributed by atoms with van der Waals surface area (Å²) in [5.41, 5.74) is 2.39. The summed E-state index contributed by atoms with van der Waals surface area (Å²) in [5, 5.41) is 4.59. The number of benzene rings is 2. The second-order valence-electron chi connectivity index (χ2n) is 5.06. The van der Waals surface area contributed by atoms with Crippen molar-refractivity contribution in [2.45, 2.75) is 26.3 Å². The average molecular weight is 326 g/mol. The summed E-state index contributed by atoms with van der Waals surface area (Å²) in [6.07, 6.45) is 0.982. The van der Waals surface area contributed by atoms with Crippen molar-refractivity contribution in [2.75, 3.05) is 6.54 Å². The molecule has 0 bridgehead atoms. The van der Waals surface area contributed by atoms with Gasteiger partial charge in [0.25, 0.3) is 0 Å². The zero-order valence-corrected chi connectivity index (χ0v) is 13.6. The Morgan fingerprint density at radius 2 is 1.90 bits per heavy atom. The highest BCUT2D eigenvalue weighted by Crippen LogP contribution is 2.31. The van der Waals surface area contributed by atoms with Crippen LogP contribution in [0.1, 0.15) is 36.1 Å². The Bertz CT molecular complexity index is 628. The molecule has 0 aromatic heterocycles. The third-order valence-electron chi connectivity index (χ3n) is 3.40. The Hall–Kier alpha value is -1.09. The zero-order chi connectivity index (χ0) is 15.4. The average Bonchev–Trinajstić information content (AvgIpc) is 2.44. The maximum atomic E-state index is 13.9. The van der Waals surface area contributed by atoms with E-state index in [1.54, 1.807) is 31.2 Å². The first-order valence-corrected chi connectivity index (χ1v) is 7.73. The molecular weight excluding hydrogens is 308 g/mol. The summed E-state index contributed by atoms with van der Waals surface area (Å²) in [6.45, 7) is 4.66. The van der Waals surface area contributed by atoms with E-state index in [-0.39, 0.29) is 11.9 Å². The largest absolute Gasteiger partial charge is 0.306 e. The van der Waals surface area contributed by atoms with E-state index in [4.69, 9.17) is 23.2 Å². The Morgan fingerprint density at radius 1 is 1.14 bits per heavy atom. The molecule has 0 saturated heterocycles. The number of rotatable bonds is 5. The highest BCUT2D eigenvalue weighted by atomic mass is 35.5. The molecule has 0 radical (unpaired) electrons. The molecule has 0 amide bonds. The quantitative estimate of drug-likeness (QED) is 0.762. The number of hydrogen-bond acceptors (Lipinski definition) is 1. The van der Waals surface area contributed by atoms with Crippen LogP contribution in [0.5, 0.6) is 0 Å². The van der Waals surface area contributed by atoms with Crippen molar-refractivity contribution in [3.8, 4) is 0 Å². The van der Waals surface area contributed by atoms with Crippen molar-refractivity contribution < 1.29 is 4.39 Å². The minimum Gasteiger partial charge on any atom is -0.306 e. The van der Waals surface area contributed by atoms with Gasteiger partial charge in [-0.1, -0.05) is 48.3 Å². The van der Waals surface area contributed by atoms with Crippen LogP contribution in [0.15, 0.2) is 36.4 Å². The Kier molecular flexibility index (Phi) is 5.63. The first-order chi connectivity index (χ1) is 10.0. The van der Waals surface area contributed by atoms with Crippen LogP contribution >= 0.6 is 23.2 Å². The number of halogens is 3. The molecule has 2 aromatic carbocycles. The van der Waals surface area contributed by atoms with Crippen LogP contribution in [0.2, 0.25) is 10.0 Å². The van der Waals surface area contributed by atoms with Crippen LogP contribution in [-0.4, -0.2) is 6.54 Å². The van der Waals surface area contributed by atoms with Gasteiger partial charge in [0, 0.05) is 10.0 Å². The van der Waals surface area contributed by atoms with Gasteiger partial charge in [-0.05, 0) is 54.8 Å². The van der Waals surface area contributed by atoms with E-state index in [2.05, 4.69) is 12.2 Å². The molecule has 2 rings (SSSR count). The van der Waals surface area contributed by atoms with E-state index in [0.29, 0.717) is 15.6 Å². The maximum absolute atomic E-state index is 13.9. The van der Waals surface area contributed by atoms with Crippen LogP contribution < -0.4 is 5.32 Å². The fourth-order valence-electron chi connectivity index (χ4n) is 2.22. The molecular formula is C17H18Cl2FN. The Morgan fingerprint density at radius 3 is 2.52 bits per heavy atom. The highest BCUT2D eigenvalue weighted by Gasteiger charge is 2.17. The third kappa shape index (κ3) is 3.97. The lowest BCUT2D eigenvalue weighted by Gasteiger charge is -2.21. The predicted molar refractivity (Wildman–Crippen MR) is 87.7 cm³/mol. The number of aryl methyl sites for hydroxylation is 1. The standard InChI is InChI=1S/C17H18Cl2FN/c1-3-8-21-17(12-5-4-11(2)16(20)9-12)14-7-6-13(18)10-15(14)19/h4-7,9-10,17,21H,3,8H2,1-2H3. The lowest BCUT2D eigenvalue weighted by Crippen LogP contribution is -2.23. The Labute approximate surface area is 135 Å². The van der Waals surface area contributed by atoms with Gasteiger partial charge in [0.2, 0.25) is 0 Å². The molecule has 1 atom stereocenters. The Balaban J connectivity index is 2.44. The molecule has 21 heavy (non-hydrogen) atoms. The van der Waals surface area contributed by atoms with Crippen LogP contribution in [0.25, 0.3) is 0 Å². The van der Waals surface area contributed by atoms with Crippen molar-refractivity contribution in [3.63, 3.8) is 0 Å². The topological polar surface area (TPSA) is 12.0 Å². The van der Waals surface area contributed by atoms with Crippen LogP contribution in [0.4, 0.5) is 4.39 Å². The van der Waals surface area contributed by atoms with E-state index in [1.807, 2.05) is 12.1 Å². The molecule has 0 saturated carbocycles. The fraction of sp³-hybridized carbons (Fsp3) is 0.294. The van der Waals surface area contributed by atoms with Gasteiger partial charge in [-0.25, -0.2) is 4.39 Å². The van der Waals surface area contributed by atoms with Gasteiger partial charge < -0.3 is 5.32 Å². The van der Waals surface area contributed by atoms with Crippen LogP contribution in [0.3, 0.4) is 0 Å². The molecule has 0 aliphatic rings. The van der Waals surface area contributed by atoms with E-state index in [0.717, 1.165) is 24.1 Å². The highest BCUT2D eigenvalue weighted by molar-refractivity contribution is 6.35. The van der Waals surface area contributed by atoms with Crippen LogP contribution in [0, 0.1) is 12.7 Å². The molecule has 2 aromatic rings. The molecule has 0 aliphatic carbocycles. The number of hydrogen-bond donors (Lipinski definition) is 1. The van der Waals surface area contributed by atoms with E-state index in [9.17, 15) is 4.39 Å². The lowest BCUT2D eigenvalue weighted by atomic mass is 9.97. The van der Waals surface area contributed by atoms with E-state index in [1.165, 1.54) is 0 Å². The lowest BCUT2D eigenvalue weighted by molar-refractivity contribution is 0.582. The van der Waals surface area contributed by atoms with Crippen molar-refractivity contribution >= 4 is 23.2 Å². The fourth-order valence-corrected chi connectivity index (χ4v) is 2.74. The maximum Gasteiger partial charge on any atom is 0.126 e. The van der Waals surface area contributed by atoms with Crippen molar-refractivity contribution in [1.82, 2.24) is 5.32 Å². The van der Waals surface area contributed by atoms with E-state index < -0.39 is 0 Å². The van der Waals surface area contributed by atoms with Crippen LogP contribution in [-0.2, 0) is 0 Å². The SMILES string of the molecule is CCCNC(c1ccc(C)c(F)c1)c1ccc(Cl)cc1Cl. The van der Waals surface area contributed by atoms with Gasteiger partial charge >= 0.3 is 0 Å². The van der Waals surface area contributed by atoms with Crippen molar-refractivity contribution in [3.05, 3.63) is 69.0 Å². The number of nitrogens with one attached hydrogen (secondary N) is 1. The summed E-state index contributed by atoms with van der Waals surface area (Å²) in [4.78, 5) is 0. The molecule has 0 aliphatic heterocycles. The van der Waals surface area contributed by atoms with E-state index >= 15 is 0 Å². The third-order valence-corrected chi connectivity index (χ3v) is 3.96. The molecule has 112 valence electrons. The zero-order valence-electron chi connectivity index (χ0n) is 12.1. The van der Waals surface area contributed by atoms with Gasteiger partial charge in [0.05, 0.1) is 6.04 Å². The molecule has 0 fully saturated rings. The molecule has 1 N–H and O–H groups in total. The predicted octanol–water partition coefficient (Wildman–Crippen LogP) is 5.53. The minimum absolute atomic E-state index is 0.148. The molecule has 0 heterocycles. The summed E-state index contributed by atoms with van der Waals surface area (Å²) in [6, 6.07) is 10.5.